The average Bonchev–Trinajstić information content (AvgIpc) is 2.26. The molecule has 0 radical (unpaired) electrons. The highest BCUT2D eigenvalue weighted by atomic mass is 35.5. The third-order valence-electron chi connectivity index (χ3n) is 2.09. The Bertz CT molecular complexity index is 387. The van der Waals surface area contributed by atoms with Crippen LogP contribution in [0.1, 0.15) is 17.3 Å². The fourth-order valence-corrected chi connectivity index (χ4v) is 1.41. The van der Waals surface area contributed by atoms with E-state index in [1.807, 2.05) is 0 Å². The summed E-state index contributed by atoms with van der Waals surface area (Å²) < 4.78 is 4.49. The quantitative estimate of drug-likeness (QED) is 0.451. The number of ether oxygens (including phenoxy) is 1. The number of benzene rings is 1. The van der Waals surface area contributed by atoms with E-state index in [4.69, 9.17) is 11.6 Å². The molecule has 4 heteroatoms. The molecule has 1 aromatic rings. The van der Waals surface area contributed by atoms with Crippen LogP contribution in [0.4, 0.5) is 0 Å². The number of carbonyl (C=O) groups excluding carboxylic acids is 2. The van der Waals surface area contributed by atoms with Crippen molar-refractivity contribution in [2.75, 3.05) is 7.11 Å². The monoisotopic (exact) mass is 226 g/mol. The highest BCUT2D eigenvalue weighted by Crippen LogP contribution is 2.19. The van der Waals surface area contributed by atoms with Gasteiger partial charge in [0.2, 0.25) is 0 Å². The second-order valence-corrected chi connectivity index (χ2v) is 3.50. The Morgan fingerprint density at radius 2 is 1.93 bits per heavy atom. The van der Waals surface area contributed by atoms with Gasteiger partial charge in [-0.2, -0.15) is 0 Å². The minimum absolute atomic E-state index is 0.326. The zero-order valence-electron chi connectivity index (χ0n) is 8.49. The standard InChI is InChI=1S/C11H11ClO3/c1-7(11(14)15-2)10(13)8-5-3-4-6-9(8)12/h3-7H,1-2H3. The molecule has 80 valence electrons. The second kappa shape index (κ2) is 4.94. The smallest absolute Gasteiger partial charge is 0.316 e. The molecular formula is C11H11ClO3. The summed E-state index contributed by atoms with van der Waals surface area (Å²) in [7, 11) is 1.25. The molecule has 1 aromatic carbocycles. The van der Waals surface area contributed by atoms with E-state index in [2.05, 4.69) is 4.74 Å². The maximum atomic E-state index is 11.8. The topological polar surface area (TPSA) is 43.4 Å². The van der Waals surface area contributed by atoms with Crippen molar-refractivity contribution in [1.82, 2.24) is 0 Å². The first-order chi connectivity index (χ1) is 7.07. The van der Waals surface area contributed by atoms with Crippen LogP contribution in [0.25, 0.3) is 0 Å². The first-order valence-corrected chi connectivity index (χ1v) is 4.82. The van der Waals surface area contributed by atoms with E-state index in [9.17, 15) is 9.59 Å². The lowest BCUT2D eigenvalue weighted by atomic mass is 9.99. The molecule has 0 fully saturated rings. The summed E-state index contributed by atoms with van der Waals surface area (Å²) >= 11 is 5.84. The van der Waals surface area contributed by atoms with Crippen LogP contribution in [-0.4, -0.2) is 18.9 Å². The molecule has 0 heterocycles. The molecule has 0 amide bonds. The number of hydrogen-bond acceptors (Lipinski definition) is 3. The molecule has 1 atom stereocenters. The first kappa shape index (κ1) is 11.7. The average molecular weight is 227 g/mol. The molecule has 0 bridgehead atoms. The molecule has 0 N–H and O–H groups in total. The van der Waals surface area contributed by atoms with Crippen LogP contribution >= 0.6 is 11.6 Å². The van der Waals surface area contributed by atoms with E-state index in [1.54, 1.807) is 24.3 Å². The van der Waals surface area contributed by atoms with Gasteiger partial charge in [0.1, 0.15) is 5.92 Å². The second-order valence-electron chi connectivity index (χ2n) is 3.09. The first-order valence-electron chi connectivity index (χ1n) is 4.44. The largest absolute Gasteiger partial charge is 0.468 e. The van der Waals surface area contributed by atoms with Gasteiger partial charge < -0.3 is 4.74 Å². The van der Waals surface area contributed by atoms with Crippen LogP contribution in [0.5, 0.6) is 0 Å². The molecule has 0 aromatic heterocycles. The Hall–Kier alpha value is -1.35. The van der Waals surface area contributed by atoms with Crippen LogP contribution in [-0.2, 0) is 9.53 Å². The minimum Gasteiger partial charge on any atom is -0.468 e. The zero-order chi connectivity index (χ0) is 11.4. The molecule has 0 aliphatic rings. The van der Waals surface area contributed by atoms with Gasteiger partial charge in [0, 0.05) is 5.56 Å². The Morgan fingerprint density at radius 3 is 2.47 bits per heavy atom. The van der Waals surface area contributed by atoms with Crippen molar-refractivity contribution in [2.45, 2.75) is 6.92 Å². The molecule has 1 rings (SSSR count). The molecule has 0 saturated carbocycles. The summed E-state index contributed by atoms with van der Waals surface area (Å²) in [5, 5.41) is 0.346. The number of carbonyl (C=O) groups is 2. The SMILES string of the molecule is COC(=O)C(C)C(=O)c1ccccc1Cl. The van der Waals surface area contributed by atoms with Crippen LogP contribution in [0, 0.1) is 5.92 Å². The Balaban J connectivity index is 2.95. The van der Waals surface area contributed by atoms with Gasteiger partial charge in [-0.1, -0.05) is 23.7 Å². The van der Waals surface area contributed by atoms with E-state index >= 15 is 0 Å². The molecule has 0 spiro atoms. The summed E-state index contributed by atoms with van der Waals surface area (Å²) in [4.78, 5) is 22.9. The summed E-state index contributed by atoms with van der Waals surface area (Å²) in [5.41, 5.74) is 0.345. The van der Waals surface area contributed by atoms with E-state index in [0.717, 1.165) is 0 Å². The van der Waals surface area contributed by atoms with Crippen LogP contribution in [0.3, 0.4) is 0 Å². The van der Waals surface area contributed by atoms with Gasteiger partial charge in [0.25, 0.3) is 0 Å². The van der Waals surface area contributed by atoms with Crippen molar-refractivity contribution in [3.8, 4) is 0 Å². The van der Waals surface area contributed by atoms with Crippen molar-refractivity contribution in [1.29, 1.82) is 0 Å². The summed E-state index contributed by atoms with van der Waals surface area (Å²) in [6.07, 6.45) is 0. The van der Waals surface area contributed by atoms with Crippen LogP contribution in [0.15, 0.2) is 24.3 Å². The molecular weight excluding hydrogens is 216 g/mol. The molecule has 3 nitrogen and oxygen atoms in total. The Kier molecular flexibility index (Phi) is 3.86. The number of ketones is 1. The number of esters is 1. The maximum absolute atomic E-state index is 11.8. The highest BCUT2D eigenvalue weighted by molar-refractivity contribution is 6.34. The minimum atomic E-state index is -0.824. The van der Waals surface area contributed by atoms with Crippen molar-refractivity contribution >= 4 is 23.4 Å². The van der Waals surface area contributed by atoms with E-state index in [-0.39, 0.29) is 5.78 Å². The normalized spacial score (nSPS) is 11.9. The van der Waals surface area contributed by atoms with Crippen molar-refractivity contribution in [3.05, 3.63) is 34.9 Å². The summed E-state index contributed by atoms with van der Waals surface area (Å²) in [6, 6.07) is 6.62. The van der Waals surface area contributed by atoms with Crippen LogP contribution in [0.2, 0.25) is 5.02 Å². The van der Waals surface area contributed by atoms with E-state index < -0.39 is 11.9 Å². The zero-order valence-corrected chi connectivity index (χ0v) is 9.25. The van der Waals surface area contributed by atoms with E-state index in [1.165, 1.54) is 14.0 Å². The van der Waals surface area contributed by atoms with Gasteiger partial charge in [-0.3, -0.25) is 9.59 Å². The summed E-state index contributed by atoms with van der Waals surface area (Å²) in [5.74, 6) is -1.71. The third-order valence-corrected chi connectivity index (χ3v) is 2.42. The maximum Gasteiger partial charge on any atom is 0.316 e. The number of methoxy groups -OCH3 is 1. The van der Waals surface area contributed by atoms with Gasteiger partial charge in [0.05, 0.1) is 12.1 Å². The highest BCUT2D eigenvalue weighted by Gasteiger charge is 2.24. The van der Waals surface area contributed by atoms with Crippen molar-refractivity contribution in [2.24, 2.45) is 5.92 Å². The third kappa shape index (κ3) is 2.57. The lowest BCUT2D eigenvalue weighted by molar-refractivity contribution is -0.143. The predicted molar refractivity (Wildman–Crippen MR) is 57.0 cm³/mol. The fraction of sp³-hybridized carbons (Fsp3) is 0.273. The van der Waals surface area contributed by atoms with Gasteiger partial charge in [-0.15, -0.1) is 0 Å². The van der Waals surface area contributed by atoms with Gasteiger partial charge >= 0.3 is 5.97 Å². The number of hydrogen-bond donors (Lipinski definition) is 0. The lowest BCUT2D eigenvalue weighted by Crippen LogP contribution is -2.22. The predicted octanol–water partition coefficient (Wildman–Crippen LogP) is 2.33. The molecule has 0 aliphatic carbocycles. The van der Waals surface area contributed by atoms with Gasteiger partial charge in [-0.25, -0.2) is 0 Å². The van der Waals surface area contributed by atoms with Crippen molar-refractivity contribution in [3.63, 3.8) is 0 Å². The fourth-order valence-electron chi connectivity index (χ4n) is 1.18. The van der Waals surface area contributed by atoms with Gasteiger partial charge in [-0.05, 0) is 19.1 Å². The van der Waals surface area contributed by atoms with Crippen LogP contribution < -0.4 is 0 Å². The van der Waals surface area contributed by atoms with Gasteiger partial charge in [0.15, 0.2) is 5.78 Å². The molecule has 1 unspecified atom stereocenters. The Morgan fingerprint density at radius 1 is 1.33 bits per heavy atom. The van der Waals surface area contributed by atoms with Crippen molar-refractivity contribution < 1.29 is 14.3 Å². The summed E-state index contributed by atoms with van der Waals surface area (Å²) in [6.45, 7) is 1.50. The number of rotatable bonds is 3. The Labute approximate surface area is 93.0 Å². The van der Waals surface area contributed by atoms with E-state index in [0.29, 0.717) is 10.6 Å². The number of halogens is 1. The lowest BCUT2D eigenvalue weighted by Gasteiger charge is -2.08. The molecule has 0 saturated heterocycles. The molecule has 15 heavy (non-hydrogen) atoms. The number of Topliss-reactive ketones (excluding diaryl/α,β-unsaturated/α-hetero) is 1. The molecule has 0 aliphatic heterocycles.